The van der Waals surface area contributed by atoms with Gasteiger partial charge in [-0.15, -0.1) is 0 Å². The molecule has 2 rings (SSSR count). The lowest BCUT2D eigenvalue weighted by atomic mass is 10.1. The van der Waals surface area contributed by atoms with Crippen LogP contribution >= 0.6 is 15.9 Å². The topological polar surface area (TPSA) is 0 Å². The molecule has 0 atom stereocenters. The lowest BCUT2D eigenvalue weighted by Gasteiger charge is -1.97. The molecule has 1 heteroatoms. The second-order valence-electron chi connectivity index (χ2n) is 5.83. The highest BCUT2D eigenvalue weighted by Crippen LogP contribution is 2.14. The van der Waals surface area contributed by atoms with E-state index < -0.39 is 0 Å². The Morgan fingerprint density at radius 2 is 1.52 bits per heavy atom. The normalized spacial score (nSPS) is 9.00. The SMILES string of the molecule is CC=C(C)C.CCCc1ccccc1.Cc1ccc(Br)cc1C. The number of aryl methyl sites for hydroxylation is 3. The first-order valence-corrected chi connectivity index (χ1v) is 9.06. The molecule has 0 fully saturated rings. The monoisotopic (exact) mass is 374 g/mol. The van der Waals surface area contributed by atoms with Crippen molar-refractivity contribution in [2.75, 3.05) is 0 Å². The van der Waals surface area contributed by atoms with Crippen LogP contribution in [0.3, 0.4) is 0 Å². The quantitative estimate of drug-likeness (QED) is 0.472. The van der Waals surface area contributed by atoms with Gasteiger partial charge in [0.15, 0.2) is 0 Å². The minimum absolute atomic E-state index is 1.16. The maximum atomic E-state index is 3.40. The third-order valence-electron chi connectivity index (χ3n) is 3.43. The molecule has 0 bridgehead atoms. The molecule has 0 aliphatic heterocycles. The molecule has 0 saturated heterocycles. The largest absolute Gasteiger partial charge is 0.0890 e. The zero-order valence-electron chi connectivity index (χ0n) is 15.5. The van der Waals surface area contributed by atoms with Crippen molar-refractivity contribution in [2.45, 2.75) is 54.4 Å². The molecule has 0 N–H and O–H groups in total. The van der Waals surface area contributed by atoms with Crippen molar-refractivity contribution < 1.29 is 0 Å². The van der Waals surface area contributed by atoms with E-state index in [0.717, 1.165) is 4.47 Å². The van der Waals surface area contributed by atoms with E-state index in [0.29, 0.717) is 0 Å². The summed E-state index contributed by atoms with van der Waals surface area (Å²) in [5.74, 6) is 0. The van der Waals surface area contributed by atoms with E-state index in [1.807, 2.05) is 6.92 Å². The van der Waals surface area contributed by atoms with E-state index in [2.05, 4.69) is 105 Å². The molecule has 0 nitrogen and oxygen atoms in total. The molecule has 0 aliphatic rings. The molecule has 126 valence electrons. The van der Waals surface area contributed by atoms with Gasteiger partial charge in [-0.3, -0.25) is 0 Å². The summed E-state index contributed by atoms with van der Waals surface area (Å²) in [6.07, 6.45) is 4.53. The Hall–Kier alpha value is -1.34. The Kier molecular flexibility index (Phi) is 12.4. The summed E-state index contributed by atoms with van der Waals surface area (Å²) in [6, 6.07) is 16.9. The van der Waals surface area contributed by atoms with Gasteiger partial charge < -0.3 is 0 Å². The molecule has 23 heavy (non-hydrogen) atoms. The van der Waals surface area contributed by atoms with Crippen molar-refractivity contribution in [3.63, 3.8) is 0 Å². The maximum absolute atomic E-state index is 3.40. The van der Waals surface area contributed by atoms with E-state index in [1.54, 1.807) is 0 Å². The van der Waals surface area contributed by atoms with Gasteiger partial charge in [-0.05, 0) is 69.9 Å². The lowest BCUT2D eigenvalue weighted by molar-refractivity contribution is 0.922. The van der Waals surface area contributed by atoms with Crippen LogP contribution in [0.2, 0.25) is 0 Å². The zero-order valence-corrected chi connectivity index (χ0v) is 17.1. The molecule has 0 saturated carbocycles. The minimum atomic E-state index is 1.16. The summed E-state index contributed by atoms with van der Waals surface area (Å²) in [7, 11) is 0. The third-order valence-corrected chi connectivity index (χ3v) is 3.92. The molecular weight excluding hydrogens is 344 g/mol. The predicted octanol–water partition coefficient (Wildman–Crippen LogP) is 7.68. The van der Waals surface area contributed by atoms with Crippen molar-refractivity contribution in [1.82, 2.24) is 0 Å². The number of hydrogen-bond donors (Lipinski definition) is 0. The molecule has 0 spiro atoms. The van der Waals surface area contributed by atoms with Crippen LogP contribution in [0.1, 0.15) is 50.8 Å². The molecular formula is C22H31Br. The summed E-state index contributed by atoms with van der Waals surface area (Å²) in [5.41, 5.74) is 5.51. The molecule has 0 amide bonds. The second kappa shape index (κ2) is 13.1. The number of hydrogen-bond acceptors (Lipinski definition) is 0. The summed E-state index contributed by atoms with van der Waals surface area (Å²) < 4.78 is 1.16. The predicted molar refractivity (Wildman–Crippen MR) is 109 cm³/mol. The first-order valence-electron chi connectivity index (χ1n) is 8.26. The van der Waals surface area contributed by atoms with Crippen molar-refractivity contribution >= 4 is 15.9 Å². The van der Waals surface area contributed by atoms with Gasteiger partial charge in [0.05, 0.1) is 0 Å². The smallest absolute Gasteiger partial charge is 0.0178 e. The molecule has 2 aromatic rings. The average Bonchev–Trinajstić information content (AvgIpc) is 2.54. The highest BCUT2D eigenvalue weighted by atomic mass is 79.9. The molecule has 0 aliphatic carbocycles. The van der Waals surface area contributed by atoms with Crippen LogP contribution in [0.5, 0.6) is 0 Å². The van der Waals surface area contributed by atoms with Crippen molar-refractivity contribution in [1.29, 1.82) is 0 Å². The Morgan fingerprint density at radius 3 is 1.91 bits per heavy atom. The first kappa shape index (κ1) is 21.7. The number of allylic oxidation sites excluding steroid dienone is 2. The summed E-state index contributed by atoms with van der Waals surface area (Å²) in [6.45, 7) is 12.6. The van der Waals surface area contributed by atoms with Crippen LogP contribution in [0.25, 0.3) is 0 Å². The van der Waals surface area contributed by atoms with E-state index in [1.165, 1.54) is 35.1 Å². The zero-order chi connectivity index (χ0) is 17.7. The van der Waals surface area contributed by atoms with E-state index in [4.69, 9.17) is 0 Å². The van der Waals surface area contributed by atoms with Gasteiger partial charge in [0.25, 0.3) is 0 Å². The maximum Gasteiger partial charge on any atom is 0.0178 e. The highest BCUT2D eigenvalue weighted by Gasteiger charge is 1.90. The molecule has 0 unspecified atom stereocenters. The van der Waals surface area contributed by atoms with Gasteiger partial charge >= 0.3 is 0 Å². The molecule has 0 aromatic heterocycles. The van der Waals surface area contributed by atoms with Crippen LogP contribution in [0.15, 0.2) is 64.7 Å². The van der Waals surface area contributed by atoms with Gasteiger partial charge in [0, 0.05) is 4.47 Å². The fourth-order valence-corrected chi connectivity index (χ4v) is 2.11. The fourth-order valence-electron chi connectivity index (χ4n) is 1.64. The van der Waals surface area contributed by atoms with Crippen LogP contribution in [-0.4, -0.2) is 0 Å². The van der Waals surface area contributed by atoms with Crippen LogP contribution in [0, 0.1) is 13.8 Å². The highest BCUT2D eigenvalue weighted by molar-refractivity contribution is 9.10. The lowest BCUT2D eigenvalue weighted by Crippen LogP contribution is -1.78. The summed E-state index contributed by atoms with van der Waals surface area (Å²) in [4.78, 5) is 0. The standard InChI is InChI=1S/C9H12.C8H9Br.C5H10/c1-2-6-9-7-4-3-5-8-9;1-6-3-4-8(9)5-7(6)2;1-4-5(2)3/h3-5,7-8H,2,6H2,1H3;3-5H,1-2H3;4H,1-3H3. The number of rotatable bonds is 2. The number of benzene rings is 2. The van der Waals surface area contributed by atoms with Crippen LogP contribution in [0.4, 0.5) is 0 Å². The Balaban J connectivity index is 0.000000332. The summed E-state index contributed by atoms with van der Waals surface area (Å²) in [5, 5.41) is 0. The Bertz CT molecular complexity index is 564. The van der Waals surface area contributed by atoms with Gasteiger partial charge in [0.2, 0.25) is 0 Å². The van der Waals surface area contributed by atoms with Crippen LogP contribution in [-0.2, 0) is 6.42 Å². The minimum Gasteiger partial charge on any atom is -0.0890 e. The molecule has 0 radical (unpaired) electrons. The van der Waals surface area contributed by atoms with Gasteiger partial charge in [-0.1, -0.05) is 77.3 Å². The van der Waals surface area contributed by atoms with Crippen molar-refractivity contribution in [2.24, 2.45) is 0 Å². The van der Waals surface area contributed by atoms with Gasteiger partial charge in [-0.25, -0.2) is 0 Å². The summed E-state index contributed by atoms with van der Waals surface area (Å²) >= 11 is 3.40. The molecule has 2 aromatic carbocycles. The molecule has 0 heterocycles. The van der Waals surface area contributed by atoms with E-state index >= 15 is 0 Å². The van der Waals surface area contributed by atoms with Crippen molar-refractivity contribution in [3.05, 3.63) is 81.3 Å². The Labute approximate surface area is 151 Å². The van der Waals surface area contributed by atoms with Crippen molar-refractivity contribution in [3.8, 4) is 0 Å². The first-order chi connectivity index (χ1) is 10.9. The fraction of sp³-hybridized carbons (Fsp3) is 0.364. The second-order valence-corrected chi connectivity index (χ2v) is 6.75. The van der Waals surface area contributed by atoms with Gasteiger partial charge in [0.1, 0.15) is 0 Å². The number of halogens is 1. The Morgan fingerprint density at radius 1 is 0.957 bits per heavy atom. The van der Waals surface area contributed by atoms with E-state index in [-0.39, 0.29) is 0 Å². The van der Waals surface area contributed by atoms with E-state index in [9.17, 15) is 0 Å². The van der Waals surface area contributed by atoms with Crippen LogP contribution < -0.4 is 0 Å². The van der Waals surface area contributed by atoms with Gasteiger partial charge in [-0.2, -0.15) is 0 Å². The average molecular weight is 375 g/mol. The third kappa shape index (κ3) is 11.8.